The highest BCUT2D eigenvalue weighted by molar-refractivity contribution is 8.02. The fraction of sp³-hybridized carbons (Fsp3) is 0.421. The highest BCUT2D eigenvalue weighted by Gasteiger charge is 2.36. The van der Waals surface area contributed by atoms with Crippen LogP contribution in [0.5, 0.6) is 0 Å². The minimum Gasteiger partial charge on any atom is -0.303 e. The molecule has 1 heterocycles. The van der Waals surface area contributed by atoms with E-state index in [0.29, 0.717) is 0 Å². The first-order valence-electron chi connectivity index (χ1n) is 8.80. The van der Waals surface area contributed by atoms with E-state index >= 15 is 0 Å². The van der Waals surface area contributed by atoms with Crippen molar-refractivity contribution in [2.24, 2.45) is 15.9 Å². The Hall–Kier alpha value is -2.29. The van der Waals surface area contributed by atoms with Crippen LogP contribution < -0.4 is 0 Å². The number of carbonyl (C=O) groups is 1. The number of hydrogen-bond donors (Lipinski definition) is 0. The van der Waals surface area contributed by atoms with Gasteiger partial charge in [-0.15, -0.1) is 11.8 Å². The molecule has 2 aliphatic rings. The number of allylic oxidation sites excluding steroid dienone is 3. The normalized spacial score (nSPS) is 22.5. The average molecular weight is 412 g/mol. The van der Waals surface area contributed by atoms with Gasteiger partial charge in [-0.1, -0.05) is 31.7 Å². The van der Waals surface area contributed by atoms with Crippen molar-refractivity contribution in [2.45, 2.75) is 32.5 Å². The van der Waals surface area contributed by atoms with Gasteiger partial charge in [0.1, 0.15) is 6.67 Å². The molecule has 0 aromatic heterocycles. The fourth-order valence-electron chi connectivity index (χ4n) is 2.71. The molecule has 0 fully saturated rings. The molecule has 0 saturated heterocycles. The molecule has 0 saturated carbocycles. The first-order chi connectivity index (χ1) is 13.3. The van der Waals surface area contributed by atoms with Crippen molar-refractivity contribution in [3.8, 4) is 0 Å². The third-order valence-corrected chi connectivity index (χ3v) is 4.88. The predicted molar refractivity (Wildman–Crippen MR) is 108 cm³/mol. The van der Waals surface area contributed by atoms with Gasteiger partial charge in [-0.2, -0.15) is 13.2 Å². The number of hydrogen-bond acceptors (Lipinski definition) is 4. The molecule has 0 spiro atoms. The van der Waals surface area contributed by atoms with Crippen molar-refractivity contribution in [1.82, 2.24) is 9.80 Å². The van der Waals surface area contributed by atoms with Gasteiger partial charge in [-0.05, 0) is 25.2 Å². The van der Waals surface area contributed by atoms with Crippen LogP contribution in [0.2, 0.25) is 0 Å². The number of fused-ring (bicyclic) bond motifs is 2. The molecule has 0 N–H and O–H groups in total. The van der Waals surface area contributed by atoms with E-state index < -0.39 is 23.7 Å². The van der Waals surface area contributed by atoms with Crippen LogP contribution in [0.3, 0.4) is 0 Å². The lowest BCUT2D eigenvalue weighted by atomic mass is 10.0. The zero-order valence-electron chi connectivity index (χ0n) is 15.8. The van der Waals surface area contributed by atoms with Crippen LogP contribution in [0.4, 0.5) is 13.2 Å². The average Bonchev–Trinajstić information content (AvgIpc) is 2.93. The van der Waals surface area contributed by atoms with E-state index in [4.69, 9.17) is 0 Å². The van der Waals surface area contributed by atoms with E-state index in [9.17, 15) is 18.0 Å². The molecule has 5 nitrogen and oxygen atoms in total. The maximum Gasteiger partial charge on any atom is 0.416 e. The topological polar surface area (TPSA) is 48.3 Å². The molecule has 0 radical (unpaired) electrons. The van der Waals surface area contributed by atoms with Crippen LogP contribution in [-0.4, -0.2) is 53.0 Å². The standard InChI is InChI=1S/C19H23F3N4OS/c1-4-8-25(14(3)28-5-2)11-23-12-26-13-24-17-9-15(18(26)27)6-7-16(10-17)19(20,21)22/h4,6-8,10-11,13,15,17H,3,5,9,12H2,1-2H3/b8-4-,23-11-. The molecule has 152 valence electrons. The lowest BCUT2D eigenvalue weighted by Crippen LogP contribution is -2.34. The van der Waals surface area contributed by atoms with Gasteiger partial charge >= 0.3 is 6.18 Å². The summed E-state index contributed by atoms with van der Waals surface area (Å²) in [4.78, 5) is 24.1. The Morgan fingerprint density at radius 2 is 2.29 bits per heavy atom. The van der Waals surface area contributed by atoms with Crippen molar-refractivity contribution in [3.05, 3.63) is 47.7 Å². The van der Waals surface area contributed by atoms with E-state index in [-0.39, 0.29) is 19.0 Å². The molecule has 2 bridgehead atoms. The van der Waals surface area contributed by atoms with Crippen LogP contribution in [0.15, 0.2) is 57.7 Å². The Morgan fingerprint density at radius 1 is 1.54 bits per heavy atom. The molecule has 9 heteroatoms. The van der Waals surface area contributed by atoms with Crippen LogP contribution in [0, 0.1) is 5.92 Å². The minimum absolute atomic E-state index is 0.0212. The summed E-state index contributed by atoms with van der Waals surface area (Å²) >= 11 is 1.56. The van der Waals surface area contributed by atoms with Gasteiger partial charge in [0, 0.05) is 6.20 Å². The summed E-state index contributed by atoms with van der Waals surface area (Å²) in [5.41, 5.74) is -0.773. The molecule has 0 aromatic rings. The van der Waals surface area contributed by atoms with E-state index in [1.165, 1.54) is 17.3 Å². The first-order valence-corrected chi connectivity index (χ1v) is 9.78. The van der Waals surface area contributed by atoms with Crippen molar-refractivity contribution < 1.29 is 18.0 Å². The Labute approximate surface area is 167 Å². The molecular weight excluding hydrogens is 389 g/mol. The minimum atomic E-state index is -4.46. The van der Waals surface area contributed by atoms with Gasteiger partial charge in [0.05, 0.1) is 35.2 Å². The number of nitrogens with zero attached hydrogens (tertiary/aromatic N) is 4. The molecule has 0 aromatic carbocycles. The molecule has 2 unspecified atom stereocenters. The second-order valence-electron chi connectivity index (χ2n) is 6.12. The Morgan fingerprint density at radius 3 is 2.93 bits per heavy atom. The third kappa shape index (κ3) is 5.85. The molecular formula is C19H23F3N4OS. The van der Waals surface area contributed by atoms with Crippen molar-refractivity contribution >= 4 is 30.3 Å². The van der Waals surface area contributed by atoms with Gasteiger partial charge in [0.15, 0.2) is 0 Å². The third-order valence-electron chi connectivity index (χ3n) is 4.05. The summed E-state index contributed by atoms with van der Waals surface area (Å²) < 4.78 is 38.9. The van der Waals surface area contributed by atoms with E-state index in [1.807, 2.05) is 19.9 Å². The van der Waals surface area contributed by atoms with Gasteiger partial charge in [-0.3, -0.25) is 19.7 Å². The quantitative estimate of drug-likeness (QED) is 0.462. The number of thioether (sulfide) groups is 1. The predicted octanol–water partition coefficient (Wildman–Crippen LogP) is 4.34. The maximum absolute atomic E-state index is 13.0. The molecule has 1 aliphatic heterocycles. The summed E-state index contributed by atoms with van der Waals surface area (Å²) in [6.07, 6.45) is 5.57. The van der Waals surface area contributed by atoms with Gasteiger partial charge < -0.3 is 4.90 Å². The molecule has 28 heavy (non-hydrogen) atoms. The molecule has 1 aliphatic carbocycles. The first kappa shape index (κ1) is 22.0. The maximum atomic E-state index is 13.0. The lowest BCUT2D eigenvalue weighted by Gasteiger charge is -2.19. The monoisotopic (exact) mass is 412 g/mol. The number of halogens is 3. The SMILES string of the molecule is C=C(SCC)N(/C=C\C)/C=N\CN1C=NC2C=C(C(F)(F)F)C=CC(C2)C1=O. The second kappa shape index (κ2) is 9.77. The summed E-state index contributed by atoms with van der Waals surface area (Å²) in [5.74, 6) is -0.132. The molecule has 2 rings (SSSR count). The van der Waals surface area contributed by atoms with Crippen molar-refractivity contribution in [2.75, 3.05) is 12.4 Å². The van der Waals surface area contributed by atoms with E-state index in [1.54, 1.807) is 29.2 Å². The smallest absolute Gasteiger partial charge is 0.303 e. The summed E-state index contributed by atoms with van der Waals surface area (Å²) in [6.45, 7) is 7.88. The van der Waals surface area contributed by atoms with Crippen LogP contribution in [0.25, 0.3) is 0 Å². The van der Waals surface area contributed by atoms with E-state index in [0.717, 1.165) is 22.9 Å². The molecule has 1 amide bonds. The zero-order valence-corrected chi connectivity index (χ0v) is 16.6. The number of alkyl halides is 3. The van der Waals surface area contributed by atoms with E-state index in [2.05, 4.69) is 16.6 Å². The van der Waals surface area contributed by atoms with Crippen LogP contribution in [-0.2, 0) is 4.79 Å². The van der Waals surface area contributed by atoms with Gasteiger partial charge in [0.2, 0.25) is 5.91 Å². The van der Waals surface area contributed by atoms with Crippen LogP contribution in [0.1, 0.15) is 20.3 Å². The molecule has 2 atom stereocenters. The zero-order chi connectivity index (χ0) is 20.7. The second-order valence-corrected chi connectivity index (χ2v) is 7.45. The Balaban J connectivity index is 2.12. The Bertz CT molecular complexity index is 740. The van der Waals surface area contributed by atoms with Crippen LogP contribution >= 0.6 is 11.8 Å². The fourth-order valence-corrected chi connectivity index (χ4v) is 3.30. The summed E-state index contributed by atoms with van der Waals surface area (Å²) in [7, 11) is 0. The largest absolute Gasteiger partial charge is 0.416 e. The summed E-state index contributed by atoms with van der Waals surface area (Å²) in [5, 5.41) is 0.792. The highest BCUT2D eigenvalue weighted by Crippen LogP contribution is 2.32. The van der Waals surface area contributed by atoms with Gasteiger partial charge in [-0.25, -0.2) is 0 Å². The lowest BCUT2D eigenvalue weighted by molar-refractivity contribution is -0.129. The number of carbonyl (C=O) groups excluding carboxylic acids is 1. The highest BCUT2D eigenvalue weighted by atomic mass is 32.2. The summed E-state index contributed by atoms with van der Waals surface area (Å²) in [6, 6.07) is -0.699. The Kier molecular flexibility index (Phi) is 7.68. The van der Waals surface area contributed by atoms with Crippen molar-refractivity contribution in [3.63, 3.8) is 0 Å². The number of aliphatic imine (C=N–C) groups is 2. The number of rotatable bonds is 7. The van der Waals surface area contributed by atoms with Crippen molar-refractivity contribution in [1.29, 1.82) is 0 Å². The van der Waals surface area contributed by atoms with Gasteiger partial charge in [0.25, 0.3) is 0 Å². The number of amides is 1.